The van der Waals surface area contributed by atoms with Crippen LogP contribution in [0.25, 0.3) is 0 Å². The predicted octanol–water partition coefficient (Wildman–Crippen LogP) is 5.04. The third kappa shape index (κ3) is 1.40. The predicted molar refractivity (Wildman–Crippen MR) is 73.6 cm³/mol. The first-order valence-electron chi connectivity index (χ1n) is 4.48. The summed E-state index contributed by atoms with van der Waals surface area (Å²) in [5.74, 6) is 0.541. The highest BCUT2D eigenvalue weighted by Gasteiger charge is 2.68. The molecule has 3 rings (SSSR count). The topological polar surface area (TPSA) is 0 Å². The van der Waals surface area contributed by atoms with Crippen molar-refractivity contribution in [3.05, 3.63) is 30.8 Å². The van der Waals surface area contributed by atoms with Gasteiger partial charge in [-0.25, -0.2) is 0 Å². The Labute approximate surface area is 121 Å². The number of fused-ring (bicyclic) bond motifs is 3. The van der Waals surface area contributed by atoms with E-state index in [1.807, 2.05) is 0 Å². The molecule has 15 heavy (non-hydrogen) atoms. The fourth-order valence-electron chi connectivity index (χ4n) is 2.44. The van der Waals surface area contributed by atoms with Crippen LogP contribution in [0.3, 0.4) is 0 Å². The van der Waals surface area contributed by atoms with Crippen molar-refractivity contribution < 1.29 is 0 Å². The first-order valence-corrected chi connectivity index (χ1v) is 7.07. The highest BCUT2D eigenvalue weighted by atomic mass is 127. The molecule has 2 atom stereocenters. The maximum atomic E-state index is 6.19. The van der Waals surface area contributed by atoms with Gasteiger partial charge >= 0.3 is 0 Å². The normalized spacial score (nSPS) is 29.9. The monoisotopic (exact) mass is 392 g/mol. The largest absolute Gasteiger partial charge is 0.129 e. The molecule has 0 N–H and O–H groups in total. The zero-order valence-electron chi connectivity index (χ0n) is 7.33. The number of halogens is 5. The van der Waals surface area contributed by atoms with E-state index in [-0.39, 0.29) is 5.92 Å². The smallest absolute Gasteiger partial charge is 0.101 e. The summed E-state index contributed by atoms with van der Waals surface area (Å²) in [5, 5.41) is 1.43. The molecule has 0 radical (unpaired) electrons. The average molecular weight is 394 g/mol. The van der Waals surface area contributed by atoms with Gasteiger partial charge in [-0.15, -0.1) is 23.2 Å². The third-order valence-electron chi connectivity index (χ3n) is 3.25. The Hall–Kier alpha value is 1.11. The molecule has 2 aliphatic carbocycles. The SMILES string of the molecule is Clc1cc(Cl)c2c(c1I)C1C(C2)C1(Cl)Cl. The highest BCUT2D eigenvalue weighted by molar-refractivity contribution is 14.1. The van der Waals surface area contributed by atoms with Crippen LogP contribution >= 0.6 is 69.0 Å². The van der Waals surface area contributed by atoms with E-state index in [0.29, 0.717) is 10.9 Å². The number of benzene rings is 1. The van der Waals surface area contributed by atoms with Gasteiger partial charge < -0.3 is 0 Å². The molecule has 0 spiro atoms. The molecule has 0 bridgehead atoms. The van der Waals surface area contributed by atoms with E-state index >= 15 is 0 Å². The first-order chi connectivity index (χ1) is 6.94. The van der Waals surface area contributed by atoms with Crippen LogP contribution in [0, 0.1) is 9.49 Å². The summed E-state index contributed by atoms with van der Waals surface area (Å²) in [6.45, 7) is 0. The van der Waals surface area contributed by atoms with Crippen LogP contribution in [0.2, 0.25) is 10.0 Å². The van der Waals surface area contributed by atoms with E-state index in [2.05, 4.69) is 22.6 Å². The summed E-state index contributed by atoms with van der Waals surface area (Å²) in [5.41, 5.74) is 2.35. The lowest BCUT2D eigenvalue weighted by Crippen LogP contribution is -2.03. The van der Waals surface area contributed by atoms with Gasteiger partial charge in [-0.1, -0.05) is 23.2 Å². The lowest BCUT2D eigenvalue weighted by molar-refractivity contribution is 0.843. The van der Waals surface area contributed by atoms with Crippen molar-refractivity contribution in [3.63, 3.8) is 0 Å². The first kappa shape index (κ1) is 11.2. The van der Waals surface area contributed by atoms with Gasteiger partial charge in [-0.2, -0.15) is 0 Å². The molecule has 1 aromatic rings. The van der Waals surface area contributed by atoms with Gasteiger partial charge in [0, 0.05) is 20.4 Å². The van der Waals surface area contributed by atoms with E-state index in [1.54, 1.807) is 6.07 Å². The second-order valence-electron chi connectivity index (χ2n) is 4.01. The van der Waals surface area contributed by atoms with Crippen molar-refractivity contribution in [2.45, 2.75) is 16.7 Å². The highest BCUT2D eigenvalue weighted by Crippen LogP contribution is 2.71. The Balaban J connectivity index is 2.23. The number of hydrogen-bond donors (Lipinski definition) is 0. The maximum absolute atomic E-state index is 6.19. The van der Waals surface area contributed by atoms with Crippen molar-refractivity contribution in [2.75, 3.05) is 0 Å². The molecular formula is C10H5Cl4I. The molecule has 2 unspecified atom stereocenters. The molecule has 0 saturated heterocycles. The molecule has 1 aromatic carbocycles. The fourth-order valence-corrected chi connectivity index (χ4v) is 4.62. The van der Waals surface area contributed by atoms with E-state index in [9.17, 15) is 0 Å². The maximum Gasteiger partial charge on any atom is 0.129 e. The Bertz CT molecular complexity index is 469. The van der Waals surface area contributed by atoms with E-state index in [0.717, 1.165) is 15.0 Å². The zero-order valence-corrected chi connectivity index (χ0v) is 12.5. The van der Waals surface area contributed by atoms with E-state index in [1.165, 1.54) is 11.1 Å². The van der Waals surface area contributed by atoms with Gasteiger partial charge in [0.25, 0.3) is 0 Å². The molecule has 0 amide bonds. The van der Waals surface area contributed by atoms with E-state index < -0.39 is 4.33 Å². The Morgan fingerprint density at radius 3 is 2.60 bits per heavy atom. The second kappa shape index (κ2) is 3.32. The van der Waals surface area contributed by atoms with Crippen LogP contribution in [-0.2, 0) is 6.42 Å². The molecule has 80 valence electrons. The van der Waals surface area contributed by atoms with Gasteiger partial charge in [-0.3, -0.25) is 0 Å². The number of rotatable bonds is 0. The van der Waals surface area contributed by atoms with E-state index in [4.69, 9.17) is 46.4 Å². The zero-order chi connectivity index (χ0) is 11.0. The van der Waals surface area contributed by atoms with Crippen LogP contribution in [0.15, 0.2) is 6.07 Å². The molecular weight excluding hydrogens is 389 g/mol. The summed E-state index contributed by atoms with van der Waals surface area (Å²) in [6, 6.07) is 1.80. The minimum Gasteiger partial charge on any atom is -0.101 e. The van der Waals surface area contributed by atoms with Crippen molar-refractivity contribution >= 4 is 69.0 Å². The standard InChI is InChI=1S/C10H5Cl4I/c11-5-2-6(12)9(15)7-3(5)1-4-8(7)10(4,13)14/h2,4,8H,1H2. The summed E-state index contributed by atoms with van der Waals surface area (Å²) >= 11 is 26.9. The summed E-state index contributed by atoms with van der Waals surface area (Å²) in [4.78, 5) is 0. The van der Waals surface area contributed by atoms with Gasteiger partial charge in [0.2, 0.25) is 0 Å². The lowest BCUT2D eigenvalue weighted by atomic mass is 10.1. The Kier molecular flexibility index (Phi) is 2.48. The third-order valence-corrected chi connectivity index (χ3v) is 6.40. The van der Waals surface area contributed by atoms with Crippen molar-refractivity contribution in [2.24, 2.45) is 5.92 Å². The molecule has 1 fully saturated rings. The molecule has 0 aliphatic heterocycles. The molecule has 5 heteroatoms. The minimum atomic E-state index is -0.596. The minimum absolute atomic E-state index is 0.221. The number of hydrogen-bond acceptors (Lipinski definition) is 0. The fraction of sp³-hybridized carbons (Fsp3) is 0.400. The van der Waals surface area contributed by atoms with Gasteiger partial charge in [-0.05, 0) is 46.2 Å². The molecule has 0 heterocycles. The van der Waals surface area contributed by atoms with Crippen LogP contribution in [-0.4, -0.2) is 4.33 Å². The lowest BCUT2D eigenvalue weighted by Gasteiger charge is -2.13. The molecule has 0 aromatic heterocycles. The summed E-state index contributed by atoms with van der Waals surface area (Å²) in [7, 11) is 0. The van der Waals surface area contributed by atoms with Crippen LogP contribution < -0.4 is 0 Å². The van der Waals surface area contributed by atoms with Crippen molar-refractivity contribution in [3.8, 4) is 0 Å². The summed E-state index contributed by atoms with van der Waals surface area (Å²) in [6.07, 6.45) is 0.874. The Morgan fingerprint density at radius 2 is 1.93 bits per heavy atom. The van der Waals surface area contributed by atoms with Crippen LogP contribution in [0.1, 0.15) is 17.0 Å². The molecule has 0 nitrogen and oxygen atoms in total. The number of alkyl halides is 2. The van der Waals surface area contributed by atoms with Gasteiger partial charge in [0.05, 0.1) is 5.02 Å². The Morgan fingerprint density at radius 1 is 1.27 bits per heavy atom. The van der Waals surface area contributed by atoms with Crippen LogP contribution in [0.4, 0.5) is 0 Å². The van der Waals surface area contributed by atoms with Crippen molar-refractivity contribution in [1.29, 1.82) is 0 Å². The molecule has 2 aliphatic rings. The van der Waals surface area contributed by atoms with Gasteiger partial charge in [0.1, 0.15) is 4.33 Å². The molecule has 1 saturated carbocycles. The quantitative estimate of drug-likeness (QED) is 0.329. The van der Waals surface area contributed by atoms with Crippen LogP contribution in [0.5, 0.6) is 0 Å². The average Bonchev–Trinajstić information content (AvgIpc) is 2.59. The second-order valence-corrected chi connectivity index (χ2v) is 7.35. The van der Waals surface area contributed by atoms with Crippen molar-refractivity contribution in [1.82, 2.24) is 0 Å². The summed E-state index contributed by atoms with van der Waals surface area (Å²) < 4.78 is 0.449. The van der Waals surface area contributed by atoms with Gasteiger partial charge in [0.15, 0.2) is 0 Å².